The van der Waals surface area contributed by atoms with Crippen LogP contribution in [0.1, 0.15) is 25.7 Å². The first-order valence-corrected chi connectivity index (χ1v) is 6.91. The fraction of sp³-hybridized carbons (Fsp3) is 0.769. The average molecular weight is 265 g/mol. The van der Waals surface area contributed by atoms with Crippen molar-refractivity contribution in [3.8, 4) is 0 Å². The van der Waals surface area contributed by atoms with Crippen LogP contribution in [-0.2, 0) is 14.4 Å². The number of carbonyl (C=O) groups excluding carboxylic acids is 3. The van der Waals surface area contributed by atoms with Gasteiger partial charge in [0.2, 0.25) is 17.7 Å². The summed E-state index contributed by atoms with van der Waals surface area (Å²) in [6.07, 6.45) is 2.99. The molecule has 2 aliphatic heterocycles. The van der Waals surface area contributed by atoms with E-state index in [4.69, 9.17) is 5.73 Å². The van der Waals surface area contributed by atoms with Crippen LogP contribution in [0.3, 0.4) is 0 Å². The molecule has 6 heteroatoms. The zero-order valence-corrected chi connectivity index (χ0v) is 10.9. The van der Waals surface area contributed by atoms with Gasteiger partial charge in [-0.2, -0.15) is 0 Å². The first-order valence-electron chi connectivity index (χ1n) is 6.91. The van der Waals surface area contributed by atoms with Crippen LogP contribution in [0.2, 0.25) is 0 Å². The average Bonchev–Trinajstić information content (AvgIpc) is 3.03. The van der Waals surface area contributed by atoms with E-state index in [9.17, 15) is 14.4 Å². The summed E-state index contributed by atoms with van der Waals surface area (Å²) >= 11 is 0. The van der Waals surface area contributed by atoms with Gasteiger partial charge in [0.1, 0.15) is 0 Å². The molecule has 2 atom stereocenters. The Morgan fingerprint density at radius 1 is 1.16 bits per heavy atom. The highest BCUT2D eigenvalue weighted by Gasteiger charge is 2.41. The van der Waals surface area contributed by atoms with E-state index in [2.05, 4.69) is 0 Å². The Morgan fingerprint density at radius 3 is 2.47 bits per heavy atom. The van der Waals surface area contributed by atoms with Crippen molar-refractivity contribution in [2.24, 2.45) is 17.6 Å². The van der Waals surface area contributed by atoms with Crippen molar-refractivity contribution in [2.45, 2.75) is 31.7 Å². The van der Waals surface area contributed by atoms with Crippen molar-refractivity contribution in [1.82, 2.24) is 9.80 Å². The van der Waals surface area contributed by atoms with Crippen LogP contribution in [0, 0.1) is 11.8 Å². The third-order valence-corrected chi connectivity index (χ3v) is 4.32. The molecular formula is C13H19N3O3. The minimum Gasteiger partial charge on any atom is -0.369 e. The molecule has 3 aliphatic rings. The normalized spacial score (nSPS) is 31.4. The number of nitrogens with zero attached hydrogens (tertiary/aromatic N) is 2. The molecule has 0 aromatic carbocycles. The fourth-order valence-electron chi connectivity index (χ4n) is 3.12. The van der Waals surface area contributed by atoms with E-state index < -0.39 is 5.91 Å². The molecule has 6 nitrogen and oxygen atoms in total. The lowest BCUT2D eigenvalue weighted by Crippen LogP contribution is -2.34. The molecule has 1 saturated carbocycles. The number of primary amides is 1. The lowest BCUT2D eigenvalue weighted by molar-refractivity contribution is -0.129. The second-order valence-corrected chi connectivity index (χ2v) is 5.95. The minimum absolute atomic E-state index is 0.0129. The number of carbonyl (C=O) groups is 3. The quantitative estimate of drug-likeness (QED) is 0.731. The Kier molecular flexibility index (Phi) is 2.95. The summed E-state index contributed by atoms with van der Waals surface area (Å²) in [6, 6.07) is 0.449. The first-order chi connectivity index (χ1) is 9.04. The van der Waals surface area contributed by atoms with Gasteiger partial charge in [-0.25, -0.2) is 0 Å². The zero-order chi connectivity index (χ0) is 13.6. The van der Waals surface area contributed by atoms with E-state index >= 15 is 0 Å². The molecule has 104 valence electrons. The smallest absolute Gasteiger partial charge is 0.223 e. The number of hydrogen-bond acceptors (Lipinski definition) is 3. The maximum atomic E-state index is 11.8. The Bertz CT molecular complexity index is 433. The summed E-state index contributed by atoms with van der Waals surface area (Å²) in [6.45, 7) is 1.76. The van der Waals surface area contributed by atoms with Gasteiger partial charge in [0, 0.05) is 44.4 Å². The standard InChI is InChI=1S/C13H19N3O3/c14-13(19)9-4-11(17)15(7-9)5-8-3-12(18)16(6-8)10-1-2-10/h8-10H,1-7H2,(H2,14,19). The predicted molar refractivity (Wildman–Crippen MR) is 66.7 cm³/mol. The second kappa shape index (κ2) is 4.51. The maximum Gasteiger partial charge on any atom is 0.223 e. The van der Waals surface area contributed by atoms with Gasteiger partial charge in [-0.1, -0.05) is 0 Å². The summed E-state index contributed by atoms with van der Waals surface area (Å²) in [5.41, 5.74) is 5.24. The molecular weight excluding hydrogens is 246 g/mol. The van der Waals surface area contributed by atoms with E-state index in [0.717, 1.165) is 19.4 Å². The summed E-state index contributed by atoms with van der Waals surface area (Å²) in [4.78, 5) is 38.4. The van der Waals surface area contributed by atoms with Gasteiger partial charge in [0.05, 0.1) is 5.92 Å². The molecule has 3 rings (SSSR count). The molecule has 0 radical (unpaired) electrons. The van der Waals surface area contributed by atoms with Gasteiger partial charge in [-0.15, -0.1) is 0 Å². The highest BCUT2D eigenvalue weighted by Crippen LogP contribution is 2.33. The van der Waals surface area contributed by atoms with E-state index in [1.165, 1.54) is 0 Å². The van der Waals surface area contributed by atoms with Crippen molar-refractivity contribution in [2.75, 3.05) is 19.6 Å². The maximum absolute atomic E-state index is 11.8. The molecule has 2 heterocycles. The monoisotopic (exact) mass is 265 g/mol. The molecule has 2 saturated heterocycles. The molecule has 3 amide bonds. The second-order valence-electron chi connectivity index (χ2n) is 5.95. The lowest BCUT2D eigenvalue weighted by Gasteiger charge is -2.21. The fourth-order valence-corrected chi connectivity index (χ4v) is 3.12. The Labute approximate surface area is 111 Å². The zero-order valence-electron chi connectivity index (χ0n) is 10.9. The molecule has 0 aromatic heterocycles. The van der Waals surface area contributed by atoms with Crippen LogP contribution in [-0.4, -0.2) is 53.2 Å². The lowest BCUT2D eigenvalue weighted by atomic mass is 10.1. The molecule has 0 bridgehead atoms. The third kappa shape index (κ3) is 2.43. The number of amides is 3. The first kappa shape index (κ1) is 12.4. The van der Waals surface area contributed by atoms with Gasteiger partial charge < -0.3 is 15.5 Å². The number of hydrogen-bond donors (Lipinski definition) is 1. The van der Waals surface area contributed by atoms with Crippen LogP contribution in [0.15, 0.2) is 0 Å². The summed E-state index contributed by atoms with van der Waals surface area (Å²) in [5.74, 6) is -0.350. The molecule has 0 aromatic rings. The van der Waals surface area contributed by atoms with Gasteiger partial charge in [-0.05, 0) is 12.8 Å². The van der Waals surface area contributed by atoms with Crippen LogP contribution < -0.4 is 5.73 Å². The Balaban J connectivity index is 1.56. The van der Waals surface area contributed by atoms with E-state index in [0.29, 0.717) is 25.6 Å². The summed E-state index contributed by atoms with van der Waals surface area (Å²) in [5, 5.41) is 0. The molecule has 3 fully saturated rings. The molecule has 0 spiro atoms. The SMILES string of the molecule is NC(=O)C1CC(=O)N(CC2CC(=O)N(C3CC3)C2)C1. The Hall–Kier alpha value is -1.59. The van der Waals surface area contributed by atoms with E-state index in [1.54, 1.807) is 4.90 Å². The van der Waals surface area contributed by atoms with E-state index in [-0.39, 0.29) is 30.1 Å². The minimum atomic E-state index is -0.405. The number of rotatable bonds is 4. The Morgan fingerprint density at radius 2 is 1.89 bits per heavy atom. The highest BCUT2D eigenvalue weighted by molar-refractivity contribution is 5.88. The van der Waals surface area contributed by atoms with Crippen LogP contribution >= 0.6 is 0 Å². The third-order valence-electron chi connectivity index (χ3n) is 4.32. The summed E-state index contributed by atoms with van der Waals surface area (Å²) in [7, 11) is 0. The summed E-state index contributed by atoms with van der Waals surface area (Å²) < 4.78 is 0. The molecule has 2 N–H and O–H groups in total. The molecule has 19 heavy (non-hydrogen) atoms. The molecule has 1 aliphatic carbocycles. The molecule has 2 unspecified atom stereocenters. The number of nitrogens with two attached hydrogens (primary N) is 1. The van der Waals surface area contributed by atoms with Gasteiger partial charge in [-0.3, -0.25) is 14.4 Å². The van der Waals surface area contributed by atoms with Crippen molar-refractivity contribution < 1.29 is 14.4 Å². The van der Waals surface area contributed by atoms with Gasteiger partial charge in [0.25, 0.3) is 0 Å². The van der Waals surface area contributed by atoms with Crippen LogP contribution in [0.25, 0.3) is 0 Å². The van der Waals surface area contributed by atoms with Crippen LogP contribution in [0.5, 0.6) is 0 Å². The van der Waals surface area contributed by atoms with Gasteiger partial charge in [0.15, 0.2) is 0 Å². The van der Waals surface area contributed by atoms with Crippen molar-refractivity contribution in [3.63, 3.8) is 0 Å². The topological polar surface area (TPSA) is 83.7 Å². The van der Waals surface area contributed by atoms with Crippen molar-refractivity contribution >= 4 is 17.7 Å². The van der Waals surface area contributed by atoms with Crippen LogP contribution in [0.4, 0.5) is 0 Å². The predicted octanol–water partition coefficient (Wildman–Crippen LogP) is -0.669. The van der Waals surface area contributed by atoms with Crippen molar-refractivity contribution in [1.29, 1.82) is 0 Å². The highest BCUT2D eigenvalue weighted by atomic mass is 16.2. The van der Waals surface area contributed by atoms with E-state index in [1.807, 2.05) is 4.90 Å². The largest absolute Gasteiger partial charge is 0.369 e. The van der Waals surface area contributed by atoms with Crippen molar-refractivity contribution in [3.05, 3.63) is 0 Å². The number of likely N-dealkylation sites (tertiary alicyclic amines) is 2. The van der Waals surface area contributed by atoms with Gasteiger partial charge >= 0.3 is 0 Å².